The minimum Gasteiger partial charge on any atom is -0.373 e. The van der Waals surface area contributed by atoms with Gasteiger partial charge in [-0.2, -0.15) is 11.8 Å². The van der Waals surface area contributed by atoms with Crippen LogP contribution in [0.25, 0.3) is 0 Å². The van der Waals surface area contributed by atoms with Gasteiger partial charge in [-0.3, -0.25) is 0 Å². The van der Waals surface area contributed by atoms with Crippen molar-refractivity contribution >= 4 is 23.4 Å². The number of hydrogen-bond acceptors (Lipinski definition) is 5. The minimum atomic E-state index is 0.856. The number of anilines is 2. The second-order valence-corrected chi connectivity index (χ2v) is 5.44. The van der Waals surface area contributed by atoms with Crippen molar-refractivity contribution in [1.82, 2.24) is 9.97 Å². The number of nitrogens with one attached hydrogen (secondary N) is 2. The maximum absolute atomic E-state index is 4.55. The van der Waals surface area contributed by atoms with Crippen molar-refractivity contribution in [3.8, 4) is 0 Å². The van der Waals surface area contributed by atoms with Gasteiger partial charge in [0.1, 0.15) is 17.5 Å². The molecular formula is C13H24N4S. The highest BCUT2D eigenvalue weighted by molar-refractivity contribution is 7.99. The largest absolute Gasteiger partial charge is 0.373 e. The third-order valence-corrected chi connectivity index (χ3v) is 3.69. The molecule has 0 saturated heterocycles. The molecule has 0 aliphatic heterocycles. The molecule has 102 valence electrons. The van der Waals surface area contributed by atoms with E-state index in [-0.39, 0.29) is 0 Å². The molecule has 0 amide bonds. The van der Waals surface area contributed by atoms with Crippen LogP contribution in [0.2, 0.25) is 0 Å². The molecule has 0 atom stereocenters. The summed E-state index contributed by atoms with van der Waals surface area (Å²) in [7, 11) is 1.90. The van der Waals surface area contributed by atoms with Crippen LogP contribution < -0.4 is 10.6 Å². The monoisotopic (exact) mass is 268 g/mol. The number of aryl methyl sites for hydroxylation is 1. The second-order valence-electron chi connectivity index (χ2n) is 4.04. The third kappa shape index (κ3) is 4.37. The van der Waals surface area contributed by atoms with E-state index in [2.05, 4.69) is 34.4 Å². The molecule has 2 N–H and O–H groups in total. The van der Waals surface area contributed by atoms with Crippen LogP contribution in [-0.4, -0.2) is 35.1 Å². The van der Waals surface area contributed by atoms with Gasteiger partial charge < -0.3 is 10.6 Å². The summed E-state index contributed by atoms with van der Waals surface area (Å²) in [4.78, 5) is 9.01. The average molecular weight is 268 g/mol. The summed E-state index contributed by atoms with van der Waals surface area (Å²) in [5.41, 5.74) is 1.10. The molecule has 1 aromatic heterocycles. The molecule has 0 fully saturated rings. The average Bonchev–Trinajstić information content (AvgIpc) is 2.40. The predicted octanol–water partition coefficient (Wildman–Crippen LogP) is 2.94. The molecule has 0 bridgehead atoms. The summed E-state index contributed by atoms with van der Waals surface area (Å²) in [6, 6.07) is 0. The molecule has 0 spiro atoms. The summed E-state index contributed by atoms with van der Waals surface area (Å²) in [6.45, 7) is 7.29. The molecule has 0 aliphatic carbocycles. The highest BCUT2D eigenvalue weighted by atomic mass is 32.2. The number of hydrogen-bond donors (Lipinski definition) is 2. The summed E-state index contributed by atoms with van der Waals surface area (Å²) >= 11 is 1.98. The molecule has 18 heavy (non-hydrogen) atoms. The lowest BCUT2D eigenvalue weighted by Gasteiger charge is -2.13. The fourth-order valence-corrected chi connectivity index (χ4v) is 2.30. The summed E-state index contributed by atoms with van der Waals surface area (Å²) in [5, 5.41) is 6.54. The van der Waals surface area contributed by atoms with Crippen LogP contribution in [0.3, 0.4) is 0 Å². The van der Waals surface area contributed by atoms with Gasteiger partial charge in [0.25, 0.3) is 0 Å². The zero-order chi connectivity index (χ0) is 13.4. The van der Waals surface area contributed by atoms with E-state index in [1.165, 1.54) is 11.5 Å². The van der Waals surface area contributed by atoms with Crippen LogP contribution in [-0.2, 0) is 6.42 Å². The lowest BCUT2D eigenvalue weighted by atomic mass is 10.3. The van der Waals surface area contributed by atoms with Gasteiger partial charge >= 0.3 is 0 Å². The molecule has 1 rings (SSSR count). The maximum Gasteiger partial charge on any atom is 0.134 e. The van der Waals surface area contributed by atoms with Gasteiger partial charge in [0.2, 0.25) is 0 Å². The van der Waals surface area contributed by atoms with E-state index in [1.54, 1.807) is 0 Å². The van der Waals surface area contributed by atoms with E-state index in [4.69, 9.17) is 0 Å². The normalized spacial score (nSPS) is 10.4. The molecule has 5 heteroatoms. The predicted molar refractivity (Wildman–Crippen MR) is 81.8 cm³/mol. The molecule has 0 unspecified atom stereocenters. The van der Waals surface area contributed by atoms with E-state index in [9.17, 15) is 0 Å². The Labute approximate surface area is 114 Å². The fourth-order valence-electron chi connectivity index (χ4n) is 1.66. The van der Waals surface area contributed by atoms with E-state index >= 15 is 0 Å². The standard InChI is InChI=1S/C13H24N4S/c1-5-11-16-12(14-4)10(3)13(17-11)15-8-7-9-18-6-2/h5-9H2,1-4H3,(H2,14,15,16,17). The van der Waals surface area contributed by atoms with Crippen molar-refractivity contribution < 1.29 is 0 Å². The number of rotatable bonds is 8. The molecule has 0 saturated carbocycles. The van der Waals surface area contributed by atoms with Gasteiger partial charge in [-0.1, -0.05) is 13.8 Å². The first-order valence-corrected chi connectivity index (χ1v) is 7.75. The van der Waals surface area contributed by atoms with E-state index < -0.39 is 0 Å². The Balaban J connectivity index is 2.63. The topological polar surface area (TPSA) is 49.8 Å². The van der Waals surface area contributed by atoms with E-state index in [0.717, 1.165) is 42.4 Å². The first-order valence-electron chi connectivity index (χ1n) is 6.59. The van der Waals surface area contributed by atoms with E-state index in [0.29, 0.717) is 0 Å². The highest BCUT2D eigenvalue weighted by Crippen LogP contribution is 2.19. The number of nitrogens with zero attached hydrogens (tertiary/aromatic N) is 2. The Morgan fingerprint density at radius 1 is 1.17 bits per heavy atom. The number of thioether (sulfide) groups is 1. The first kappa shape index (κ1) is 15.1. The van der Waals surface area contributed by atoms with Crippen LogP contribution in [0.5, 0.6) is 0 Å². The van der Waals surface area contributed by atoms with Gasteiger partial charge in [-0.25, -0.2) is 9.97 Å². The van der Waals surface area contributed by atoms with Crippen LogP contribution in [0.1, 0.15) is 31.7 Å². The summed E-state index contributed by atoms with van der Waals surface area (Å²) < 4.78 is 0. The highest BCUT2D eigenvalue weighted by Gasteiger charge is 2.08. The van der Waals surface area contributed by atoms with Crippen LogP contribution in [0, 0.1) is 6.92 Å². The van der Waals surface area contributed by atoms with Gasteiger partial charge in [0.05, 0.1) is 0 Å². The zero-order valence-electron chi connectivity index (χ0n) is 11.8. The van der Waals surface area contributed by atoms with Crippen molar-refractivity contribution in [1.29, 1.82) is 0 Å². The van der Waals surface area contributed by atoms with Crippen molar-refractivity contribution in [3.05, 3.63) is 11.4 Å². The Morgan fingerprint density at radius 3 is 2.50 bits per heavy atom. The van der Waals surface area contributed by atoms with Crippen LogP contribution >= 0.6 is 11.8 Å². The van der Waals surface area contributed by atoms with Gasteiger partial charge in [-0.15, -0.1) is 0 Å². The lowest BCUT2D eigenvalue weighted by Crippen LogP contribution is -2.10. The molecule has 0 radical (unpaired) electrons. The third-order valence-electron chi connectivity index (χ3n) is 2.71. The van der Waals surface area contributed by atoms with Gasteiger partial charge in [0, 0.05) is 25.6 Å². The maximum atomic E-state index is 4.55. The zero-order valence-corrected chi connectivity index (χ0v) is 12.7. The molecule has 0 aromatic carbocycles. The summed E-state index contributed by atoms with van der Waals surface area (Å²) in [5.74, 6) is 5.17. The molecule has 0 aliphatic rings. The molecule has 1 aromatic rings. The molecule has 4 nitrogen and oxygen atoms in total. The number of aromatic nitrogens is 2. The smallest absolute Gasteiger partial charge is 0.134 e. The first-order chi connectivity index (χ1) is 8.72. The Morgan fingerprint density at radius 2 is 1.89 bits per heavy atom. The quantitative estimate of drug-likeness (QED) is 0.710. The minimum absolute atomic E-state index is 0.856. The fraction of sp³-hybridized carbons (Fsp3) is 0.692. The van der Waals surface area contributed by atoms with Crippen molar-refractivity contribution in [2.45, 2.75) is 33.6 Å². The Hall–Kier alpha value is -0.970. The lowest BCUT2D eigenvalue weighted by molar-refractivity contribution is 0.912. The van der Waals surface area contributed by atoms with Crippen LogP contribution in [0.15, 0.2) is 0 Å². The van der Waals surface area contributed by atoms with Gasteiger partial charge in [0.15, 0.2) is 0 Å². The van der Waals surface area contributed by atoms with E-state index in [1.807, 2.05) is 25.7 Å². The van der Waals surface area contributed by atoms with Crippen LogP contribution in [0.4, 0.5) is 11.6 Å². The Bertz CT molecular complexity index is 368. The Kier molecular flexibility index (Phi) is 6.86. The van der Waals surface area contributed by atoms with Crippen molar-refractivity contribution in [2.75, 3.05) is 35.7 Å². The van der Waals surface area contributed by atoms with Crippen molar-refractivity contribution in [3.63, 3.8) is 0 Å². The SMILES string of the molecule is CCSCCCNc1nc(CC)nc(NC)c1C. The summed E-state index contributed by atoms with van der Waals surface area (Å²) in [6.07, 6.45) is 2.02. The van der Waals surface area contributed by atoms with Gasteiger partial charge in [-0.05, 0) is 24.9 Å². The second kappa shape index (κ2) is 8.19. The van der Waals surface area contributed by atoms with Crippen molar-refractivity contribution in [2.24, 2.45) is 0 Å². The molecular weight excluding hydrogens is 244 g/mol. The molecule has 1 heterocycles.